The van der Waals surface area contributed by atoms with Crippen LogP contribution in [0.5, 0.6) is 0 Å². The number of carbonyl (C=O) groups is 1. The fraction of sp³-hybridized carbons (Fsp3) is 0.278. The third-order valence-electron chi connectivity index (χ3n) is 3.25. The summed E-state index contributed by atoms with van der Waals surface area (Å²) in [6, 6.07) is 14.3. The van der Waals surface area contributed by atoms with Crippen molar-refractivity contribution >= 4 is 22.8 Å². The highest BCUT2D eigenvalue weighted by Gasteiger charge is 2.06. The minimum absolute atomic E-state index is 0.230. The van der Waals surface area contributed by atoms with Crippen molar-refractivity contribution in [3.8, 4) is 0 Å². The van der Waals surface area contributed by atoms with Crippen LogP contribution in [0.25, 0.3) is 16.8 Å². The average molecular weight is 268 g/mol. The molecule has 0 atom stereocenters. The summed E-state index contributed by atoms with van der Waals surface area (Å²) < 4.78 is 5.22. The van der Waals surface area contributed by atoms with E-state index < -0.39 is 0 Å². The van der Waals surface area contributed by atoms with Crippen LogP contribution >= 0.6 is 0 Å². The van der Waals surface area contributed by atoms with Crippen molar-refractivity contribution in [3.05, 3.63) is 53.6 Å². The van der Waals surface area contributed by atoms with Gasteiger partial charge in [-0.2, -0.15) is 0 Å². The van der Waals surface area contributed by atoms with Crippen molar-refractivity contribution in [3.63, 3.8) is 0 Å². The van der Waals surface area contributed by atoms with Crippen LogP contribution in [0.4, 0.5) is 0 Å². The van der Waals surface area contributed by atoms with Crippen molar-refractivity contribution in [1.82, 2.24) is 0 Å². The van der Waals surface area contributed by atoms with Gasteiger partial charge >= 0.3 is 5.97 Å². The fourth-order valence-corrected chi connectivity index (χ4v) is 2.09. The molecule has 0 fully saturated rings. The van der Waals surface area contributed by atoms with Gasteiger partial charge in [-0.15, -0.1) is 0 Å². The van der Waals surface area contributed by atoms with Gasteiger partial charge in [0, 0.05) is 5.57 Å². The zero-order valence-corrected chi connectivity index (χ0v) is 12.1. The first kappa shape index (κ1) is 14.3. The van der Waals surface area contributed by atoms with Crippen LogP contribution in [0.3, 0.4) is 0 Å². The molecule has 0 aromatic heterocycles. The quantitative estimate of drug-likeness (QED) is 0.450. The minimum atomic E-state index is -0.230. The number of benzene rings is 2. The topological polar surface area (TPSA) is 26.3 Å². The molecule has 0 saturated heterocycles. The van der Waals surface area contributed by atoms with Gasteiger partial charge in [0.05, 0.1) is 6.61 Å². The van der Waals surface area contributed by atoms with Gasteiger partial charge in [0.25, 0.3) is 0 Å². The molecule has 0 aliphatic carbocycles. The first-order valence-electron chi connectivity index (χ1n) is 7.05. The maximum absolute atomic E-state index is 11.9. The van der Waals surface area contributed by atoms with Gasteiger partial charge < -0.3 is 4.74 Å². The standard InChI is InChI=1S/C18H20O2/c1-3-4-12-20-18(19)14(2)13-16-10-7-9-15-8-5-6-11-17(15)16/h5-11,13H,3-4,12H2,1-2H3/b14-13+. The zero-order valence-electron chi connectivity index (χ0n) is 12.1. The molecule has 2 nitrogen and oxygen atoms in total. The third-order valence-corrected chi connectivity index (χ3v) is 3.25. The van der Waals surface area contributed by atoms with E-state index in [1.54, 1.807) is 6.92 Å². The predicted molar refractivity (Wildman–Crippen MR) is 83.5 cm³/mol. The van der Waals surface area contributed by atoms with Crippen LogP contribution in [0, 0.1) is 0 Å². The number of fused-ring (bicyclic) bond motifs is 1. The van der Waals surface area contributed by atoms with E-state index >= 15 is 0 Å². The van der Waals surface area contributed by atoms with Crippen LogP contribution in [-0.4, -0.2) is 12.6 Å². The second kappa shape index (κ2) is 6.90. The summed E-state index contributed by atoms with van der Waals surface area (Å²) in [7, 11) is 0. The van der Waals surface area contributed by atoms with Crippen molar-refractivity contribution in [2.45, 2.75) is 26.7 Å². The Bertz CT molecular complexity index is 621. The summed E-state index contributed by atoms with van der Waals surface area (Å²) >= 11 is 0. The molecule has 104 valence electrons. The lowest BCUT2D eigenvalue weighted by molar-refractivity contribution is -0.138. The molecule has 0 bridgehead atoms. The third kappa shape index (κ3) is 3.47. The Balaban J connectivity index is 2.21. The summed E-state index contributed by atoms with van der Waals surface area (Å²) in [5.74, 6) is -0.230. The van der Waals surface area contributed by atoms with E-state index in [1.165, 1.54) is 5.39 Å². The minimum Gasteiger partial charge on any atom is -0.462 e. The molecule has 0 aliphatic heterocycles. The highest BCUT2D eigenvalue weighted by molar-refractivity contribution is 5.97. The molecule has 0 amide bonds. The Labute approximate surface area is 120 Å². The second-order valence-corrected chi connectivity index (χ2v) is 4.89. The molecule has 20 heavy (non-hydrogen) atoms. The number of hydrogen-bond donors (Lipinski definition) is 0. The lowest BCUT2D eigenvalue weighted by Crippen LogP contribution is -2.06. The molecular formula is C18H20O2. The summed E-state index contributed by atoms with van der Waals surface area (Å²) in [5, 5.41) is 2.32. The first-order chi connectivity index (χ1) is 9.72. The molecule has 0 N–H and O–H groups in total. The number of rotatable bonds is 5. The van der Waals surface area contributed by atoms with Gasteiger partial charge in [0.15, 0.2) is 0 Å². The zero-order chi connectivity index (χ0) is 14.4. The molecule has 2 aromatic rings. The van der Waals surface area contributed by atoms with Crippen LogP contribution < -0.4 is 0 Å². The maximum Gasteiger partial charge on any atom is 0.333 e. The fourth-order valence-electron chi connectivity index (χ4n) is 2.09. The van der Waals surface area contributed by atoms with Crippen molar-refractivity contribution in [1.29, 1.82) is 0 Å². The van der Waals surface area contributed by atoms with E-state index in [9.17, 15) is 4.79 Å². The SMILES string of the molecule is CCCCOC(=O)/C(C)=C/c1cccc2ccccc12. The molecule has 0 saturated carbocycles. The number of esters is 1. The Morgan fingerprint density at radius 2 is 1.90 bits per heavy atom. The monoisotopic (exact) mass is 268 g/mol. The van der Waals surface area contributed by atoms with E-state index in [1.807, 2.05) is 30.3 Å². The van der Waals surface area contributed by atoms with Gasteiger partial charge in [-0.1, -0.05) is 55.8 Å². The summed E-state index contributed by atoms with van der Waals surface area (Å²) in [6.45, 7) is 4.37. The molecule has 0 radical (unpaired) electrons. The number of hydrogen-bond acceptors (Lipinski definition) is 2. The molecular weight excluding hydrogens is 248 g/mol. The Hall–Kier alpha value is -2.09. The lowest BCUT2D eigenvalue weighted by Gasteiger charge is -2.06. The van der Waals surface area contributed by atoms with Gasteiger partial charge in [-0.25, -0.2) is 4.79 Å². The smallest absolute Gasteiger partial charge is 0.333 e. The Kier molecular flexibility index (Phi) is 4.94. The Morgan fingerprint density at radius 1 is 1.15 bits per heavy atom. The predicted octanol–water partition coefficient (Wildman–Crippen LogP) is 4.59. The van der Waals surface area contributed by atoms with Crippen LogP contribution in [-0.2, 0) is 9.53 Å². The van der Waals surface area contributed by atoms with Crippen LogP contribution in [0.15, 0.2) is 48.0 Å². The van der Waals surface area contributed by atoms with Crippen LogP contribution in [0.1, 0.15) is 32.3 Å². The Morgan fingerprint density at radius 3 is 2.70 bits per heavy atom. The molecule has 2 heteroatoms. The van der Waals surface area contributed by atoms with E-state index in [0.29, 0.717) is 12.2 Å². The van der Waals surface area contributed by atoms with Gasteiger partial charge in [0.2, 0.25) is 0 Å². The molecule has 0 heterocycles. The largest absolute Gasteiger partial charge is 0.462 e. The van der Waals surface area contributed by atoms with E-state index in [-0.39, 0.29) is 5.97 Å². The molecule has 2 rings (SSSR count). The maximum atomic E-state index is 11.9. The number of unbranched alkanes of at least 4 members (excludes halogenated alkanes) is 1. The van der Waals surface area contributed by atoms with E-state index in [2.05, 4.69) is 25.1 Å². The van der Waals surface area contributed by atoms with Gasteiger partial charge in [0.1, 0.15) is 0 Å². The van der Waals surface area contributed by atoms with E-state index in [4.69, 9.17) is 4.74 Å². The van der Waals surface area contributed by atoms with Crippen LogP contribution in [0.2, 0.25) is 0 Å². The number of ether oxygens (including phenoxy) is 1. The first-order valence-corrected chi connectivity index (χ1v) is 7.05. The average Bonchev–Trinajstić information content (AvgIpc) is 2.47. The molecule has 0 aliphatic rings. The van der Waals surface area contributed by atoms with E-state index in [0.717, 1.165) is 23.8 Å². The van der Waals surface area contributed by atoms with Crippen molar-refractivity contribution in [2.24, 2.45) is 0 Å². The van der Waals surface area contributed by atoms with Gasteiger partial charge in [-0.3, -0.25) is 0 Å². The second-order valence-electron chi connectivity index (χ2n) is 4.89. The summed E-state index contributed by atoms with van der Waals surface area (Å²) in [4.78, 5) is 11.9. The summed E-state index contributed by atoms with van der Waals surface area (Å²) in [6.07, 6.45) is 3.84. The normalized spacial score (nSPS) is 11.6. The van der Waals surface area contributed by atoms with Crippen molar-refractivity contribution in [2.75, 3.05) is 6.61 Å². The molecule has 0 spiro atoms. The highest BCUT2D eigenvalue weighted by Crippen LogP contribution is 2.21. The summed E-state index contributed by atoms with van der Waals surface area (Å²) in [5.41, 5.74) is 1.69. The van der Waals surface area contributed by atoms with Crippen molar-refractivity contribution < 1.29 is 9.53 Å². The number of carbonyl (C=O) groups excluding carboxylic acids is 1. The lowest BCUT2D eigenvalue weighted by atomic mass is 10.0. The molecule has 2 aromatic carbocycles. The van der Waals surface area contributed by atoms with Gasteiger partial charge in [-0.05, 0) is 35.8 Å². The highest BCUT2D eigenvalue weighted by atomic mass is 16.5. The molecule has 0 unspecified atom stereocenters.